The first-order valence-electron chi connectivity index (χ1n) is 9.05. The molecule has 1 unspecified atom stereocenters. The summed E-state index contributed by atoms with van der Waals surface area (Å²) in [5.74, 6) is -0.746. The summed E-state index contributed by atoms with van der Waals surface area (Å²) in [6, 6.07) is 7.21. The average Bonchev–Trinajstić information content (AvgIpc) is 2.77. The number of carbonyl (C=O) groups is 2. The van der Waals surface area contributed by atoms with E-state index in [9.17, 15) is 22.8 Å². The van der Waals surface area contributed by atoms with Crippen LogP contribution in [0.2, 0.25) is 0 Å². The highest BCUT2D eigenvalue weighted by Crippen LogP contribution is 2.35. The van der Waals surface area contributed by atoms with E-state index in [0.29, 0.717) is 5.56 Å². The van der Waals surface area contributed by atoms with E-state index in [1.165, 1.54) is 35.3 Å². The molecule has 3 rings (SSSR count). The number of hydrogen-bond acceptors (Lipinski definition) is 5. The molecule has 0 saturated carbocycles. The largest absolute Gasteiger partial charge is 0.417 e. The molecule has 10 heteroatoms. The minimum atomic E-state index is -4.71. The van der Waals surface area contributed by atoms with E-state index in [1.54, 1.807) is 18.2 Å². The molecule has 1 N–H and O–H groups in total. The van der Waals surface area contributed by atoms with Crippen LogP contribution in [0.3, 0.4) is 0 Å². The number of anilines is 1. The van der Waals surface area contributed by atoms with Crippen molar-refractivity contribution in [3.05, 3.63) is 59.4 Å². The van der Waals surface area contributed by atoms with Gasteiger partial charge >= 0.3 is 6.18 Å². The first kappa shape index (κ1) is 21.1. The molecule has 2 heterocycles. The van der Waals surface area contributed by atoms with Crippen LogP contribution in [0, 0.1) is 11.3 Å². The van der Waals surface area contributed by atoms with Gasteiger partial charge in [0.25, 0.3) is 5.91 Å². The van der Waals surface area contributed by atoms with Crippen molar-refractivity contribution in [2.24, 2.45) is 0 Å². The molecule has 30 heavy (non-hydrogen) atoms. The fourth-order valence-electron chi connectivity index (χ4n) is 3.38. The molecular weight excluding hydrogens is 399 g/mol. The summed E-state index contributed by atoms with van der Waals surface area (Å²) < 4.78 is 40.1. The van der Waals surface area contributed by atoms with Gasteiger partial charge in [0.05, 0.1) is 29.3 Å². The van der Waals surface area contributed by atoms with Gasteiger partial charge in [0.2, 0.25) is 5.91 Å². The molecule has 1 saturated heterocycles. The van der Waals surface area contributed by atoms with Crippen LogP contribution in [0.4, 0.5) is 18.9 Å². The van der Waals surface area contributed by atoms with E-state index in [1.807, 2.05) is 0 Å². The monoisotopic (exact) mass is 417 g/mol. The highest BCUT2D eigenvalue weighted by molar-refractivity contribution is 5.95. The Labute approximate surface area is 170 Å². The second-order valence-corrected chi connectivity index (χ2v) is 6.66. The number of nitriles is 1. The summed E-state index contributed by atoms with van der Waals surface area (Å²) in [6.07, 6.45) is -1.76. The number of amides is 2. The maximum Gasteiger partial charge on any atom is 0.417 e. The summed E-state index contributed by atoms with van der Waals surface area (Å²) in [4.78, 5) is 32.1. The second kappa shape index (κ2) is 8.41. The van der Waals surface area contributed by atoms with Crippen LogP contribution in [-0.4, -0.2) is 54.4 Å². The maximum atomic E-state index is 13.4. The van der Waals surface area contributed by atoms with Crippen molar-refractivity contribution < 1.29 is 22.8 Å². The number of benzene rings is 1. The zero-order chi connectivity index (χ0) is 21.9. The smallest absolute Gasteiger partial charge is 0.357 e. The molecule has 0 aliphatic carbocycles. The van der Waals surface area contributed by atoms with E-state index in [4.69, 9.17) is 5.26 Å². The molecule has 0 bridgehead atoms. The zero-order valence-electron chi connectivity index (χ0n) is 16.0. The molecule has 2 aromatic rings. The molecular formula is C20H18F3N5O2. The van der Waals surface area contributed by atoms with Gasteiger partial charge in [-0.1, -0.05) is 0 Å². The third kappa shape index (κ3) is 4.20. The van der Waals surface area contributed by atoms with Gasteiger partial charge in [-0.25, -0.2) is 0 Å². The number of aromatic nitrogens is 1. The van der Waals surface area contributed by atoms with Gasteiger partial charge in [-0.3, -0.25) is 14.6 Å². The lowest BCUT2D eigenvalue weighted by atomic mass is 10.0. The predicted molar refractivity (Wildman–Crippen MR) is 102 cm³/mol. The van der Waals surface area contributed by atoms with Gasteiger partial charge in [0.1, 0.15) is 6.04 Å². The van der Waals surface area contributed by atoms with Crippen LogP contribution in [0.25, 0.3) is 0 Å². The summed E-state index contributed by atoms with van der Waals surface area (Å²) in [5, 5.41) is 11.5. The molecule has 1 fully saturated rings. The van der Waals surface area contributed by atoms with Crippen LogP contribution < -0.4 is 10.2 Å². The molecule has 156 valence electrons. The topological polar surface area (TPSA) is 89.3 Å². The first-order chi connectivity index (χ1) is 14.3. The highest BCUT2D eigenvalue weighted by atomic mass is 19.4. The van der Waals surface area contributed by atoms with Crippen molar-refractivity contribution in [3.8, 4) is 6.07 Å². The lowest BCUT2D eigenvalue weighted by Crippen LogP contribution is -2.60. The molecule has 1 aliphatic rings. The Morgan fingerprint density at radius 1 is 1.27 bits per heavy atom. The normalized spacial score (nSPS) is 16.7. The molecule has 1 aromatic carbocycles. The number of rotatable bonds is 3. The Kier molecular flexibility index (Phi) is 5.91. The van der Waals surface area contributed by atoms with Crippen molar-refractivity contribution in [2.75, 3.05) is 31.6 Å². The third-order valence-corrected chi connectivity index (χ3v) is 4.89. The van der Waals surface area contributed by atoms with E-state index in [2.05, 4.69) is 10.3 Å². The number of nitrogens with one attached hydrogen (secondary N) is 1. The van der Waals surface area contributed by atoms with E-state index < -0.39 is 29.3 Å². The van der Waals surface area contributed by atoms with Gasteiger partial charge in [-0.05, 0) is 30.3 Å². The Morgan fingerprint density at radius 2 is 2.03 bits per heavy atom. The number of halogens is 3. The molecule has 2 amide bonds. The van der Waals surface area contributed by atoms with Crippen LogP contribution in [0.5, 0.6) is 0 Å². The summed E-state index contributed by atoms with van der Waals surface area (Å²) in [6.45, 7) is 0.352. The van der Waals surface area contributed by atoms with Crippen LogP contribution in [0.1, 0.15) is 21.5 Å². The Bertz CT molecular complexity index is 988. The summed E-state index contributed by atoms with van der Waals surface area (Å²) >= 11 is 0. The molecule has 1 aliphatic heterocycles. The standard InChI is InChI=1S/C20H18F3N5O2/c1-25-18(29)17-12-27(19(30)14-3-2-6-26-11-14)7-8-28(17)15-5-4-13(10-24)16(9-15)20(21,22)23/h2-6,9,11,17H,7-8,12H2,1H3,(H,25,29). The van der Waals surface area contributed by atoms with Gasteiger partial charge in [-0.15, -0.1) is 0 Å². The Balaban J connectivity index is 1.92. The van der Waals surface area contributed by atoms with Crippen molar-refractivity contribution in [3.63, 3.8) is 0 Å². The Hall–Kier alpha value is -3.61. The molecule has 0 radical (unpaired) electrons. The highest BCUT2D eigenvalue weighted by Gasteiger charge is 2.37. The van der Waals surface area contributed by atoms with Crippen molar-refractivity contribution in [1.82, 2.24) is 15.2 Å². The van der Waals surface area contributed by atoms with Crippen molar-refractivity contribution in [2.45, 2.75) is 12.2 Å². The minimum absolute atomic E-state index is 0.00520. The summed E-state index contributed by atoms with van der Waals surface area (Å²) in [5.41, 5.74) is -1.04. The molecule has 7 nitrogen and oxygen atoms in total. The number of alkyl halides is 3. The zero-order valence-corrected chi connectivity index (χ0v) is 16.0. The van der Waals surface area contributed by atoms with Crippen LogP contribution >= 0.6 is 0 Å². The average molecular weight is 417 g/mol. The first-order valence-corrected chi connectivity index (χ1v) is 9.05. The summed E-state index contributed by atoms with van der Waals surface area (Å²) in [7, 11) is 1.42. The van der Waals surface area contributed by atoms with E-state index in [-0.39, 0.29) is 31.2 Å². The fourth-order valence-corrected chi connectivity index (χ4v) is 3.38. The molecule has 1 aromatic heterocycles. The number of piperazine rings is 1. The third-order valence-electron chi connectivity index (χ3n) is 4.89. The number of hydrogen-bond donors (Lipinski definition) is 1. The minimum Gasteiger partial charge on any atom is -0.357 e. The van der Waals surface area contributed by atoms with Crippen molar-refractivity contribution in [1.29, 1.82) is 5.26 Å². The number of carbonyl (C=O) groups excluding carboxylic acids is 2. The Morgan fingerprint density at radius 3 is 2.63 bits per heavy atom. The van der Waals surface area contributed by atoms with Gasteiger partial charge in [0, 0.05) is 38.2 Å². The lowest BCUT2D eigenvalue weighted by Gasteiger charge is -2.42. The number of likely N-dealkylation sites (N-methyl/N-ethyl adjacent to an activating group) is 1. The number of pyridine rings is 1. The maximum absolute atomic E-state index is 13.4. The van der Waals surface area contributed by atoms with Crippen LogP contribution in [0.15, 0.2) is 42.7 Å². The molecule has 1 atom stereocenters. The van der Waals surface area contributed by atoms with Gasteiger partial charge in [0.15, 0.2) is 0 Å². The SMILES string of the molecule is CNC(=O)C1CN(C(=O)c2cccnc2)CCN1c1ccc(C#N)c(C(F)(F)F)c1. The molecule has 0 spiro atoms. The fraction of sp³-hybridized carbons (Fsp3) is 0.300. The number of nitrogens with zero attached hydrogens (tertiary/aromatic N) is 4. The lowest BCUT2D eigenvalue weighted by molar-refractivity contribution is -0.137. The predicted octanol–water partition coefficient (Wildman–Crippen LogP) is 2.05. The van der Waals surface area contributed by atoms with Crippen molar-refractivity contribution >= 4 is 17.5 Å². The second-order valence-electron chi connectivity index (χ2n) is 6.66. The quantitative estimate of drug-likeness (QED) is 0.826. The van der Waals surface area contributed by atoms with E-state index in [0.717, 1.165) is 12.1 Å². The van der Waals surface area contributed by atoms with Crippen LogP contribution in [-0.2, 0) is 11.0 Å². The van der Waals surface area contributed by atoms with E-state index >= 15 is 0 Å². The van der Waals surface area contributed by atoms with Gasteiger partial charge < -0.3 is 15.1 Å². The van der Waals surface area contributed by atoms with Gasteiger partial charge in [-0.2, -0.15) is 18.4 Å².